The SMILES string of the molecule is COc1ccc(N2CCN(C(=O)CNc3c(C)cccc3C)CC2)cc1. The van der Waals surface area contributed by atoms with E-state index in [1.165, 1.54) is 16.8 Å². The molecule has 0 radical (unpaired) electrons. The summed E-state index contributed by atoms with van der Waals surface area (Å²) in [5, 5.41) is 3.32. The van der Waals surface area contributed by atoms with Crippen LogP contribution in [0.4, 0.5) is 11.4 Å². The summed E-state index contributed by atoms with van der Waals surface area (Å²) in [7, 11) is 1.67. The van der Waals surface area contributed by atoms with E-state index in [1.54, 1.807) is 7.11 Å². The van der Waals surface area contributed by atoms with E-state index in [2.05, 4.69) is 48.3 Å². The Bertz CT molecular complexity index is 730. The Balaban J connectivity index is 1.51. The van der Waals surface area contributed by atoms with E-state index in [1.807, 2.05) is 23.1 Å². The van der Waals surface area contributed by atoms with Crippen molar-refractivity contribution in [1.82, 2.24) is 4.90 Å². The van der Waals surface area contributed by atoms with Crippen LogP contribution in [0.3, 0.4) is 0 Å². The molecule has 138 valence electrons. The number of carbonyl (C=O) groups is 1. The van der Waals surface area contributed by atoms with Gasteiger partial charge in [0.1, 0.15) is 5.75 Å². The fraction of sp³-hybridized carbons (Fsp3) is 0.381. The number of hydrogen-bond donors (Lipinski definition) is 1. The lowest BCUT2D eigenvalue weighted by Crippen LogP contribution is -2.50. The number of amides is 1. The molecule has 1 heterocycles. The second kappa shape index (κ2) is 8.13. The van der Waals surface area contributed by atoms with E-state index in [-0.39, 0.29) is 5.91 Å². The predicted molar refractivity (Wildman–Crippen MR) is 106 cm³/mol. The minimum absolute atomic E-state index is 0.155. The molecular formula is C21H27N3O2. The molecule has 0 spiro atoms. The number of nitrogens with one attached hydrogen (secondary N) is 1. The minimum Gasteiger partial charge on any atom is -0.497 e. The van der Waals surface area contributed by atoms with Gasteiger partial charge in [0.25, 0.3) is 0 Å². The van der Waals surface area contributed by atoms with Crippen molar-refractivity contribution in [2.24, 2.45) is 0 Å². The van der Waals surface area contributed by atoms with Gasteiger partial charge in [0.05, 0.1) is 13.7 Å². The Kier molecular flexibility index (Phi) is 5.66. The molecular weight excluding hydrogens is 326 g/mol. The zero-order valence-electron chi connectivity index (χ0n) is 15.8. The van der Waals surface area contributed by atoms with E-state index in [0.29, 0.717) is 6.54 Å². The molecule has 1 N–H and O–H groups in total. The summed E-state index contributed by atoms with van der Waals surface area (Å²) in [5.74, 6) is 1.02. The van der Waals surface area contributed by atoms with Crippen LogP contribution >= 0.6 is 0 Å². The maximum Gasteiger partial charge on any atom is 0.241 e. The van der Waals surface area contributed by atoms with Gasteiger partial charge < -0.3 is 19.9 Å². The van der Waals surface area contributed by atoms with E-state index in [0.717, 1.165) is 37.6 Å². The zero-order chi connectivity index (χ0) is 18.5. The first-order valence-electron chi connectivity index (χ1n) is 9.05. The van der Waals surface area contributed by atoms with Crippen LogP contribution < -0.4 is 15.0 Å². The van der Waals surface area contributed by atoms with Crippen molar-refractivity contribution in [3.8, 4) is 5.75 Å². The Hall–Kier alpha value is -2.69. The van der Waals surface area contributed by atoms with Crippen LogP contribution in [0.15, 0.2) is 42.5 Å². The van der Waals surface area contributed by atoms with Crippen LogP contribution in [0.1, 0.15) is 11.1 Å². The molecule has 1 saturated heterocycles. The molecule has 1 amide bonds. The van der Waals surface area contributed by atoms with E-state index in [9.17, 15) is 4.79 Å². The second-order valence-corrected chi connectivity index (χ2v) is 6.69. The Morgan fingerprint density at radius 3 is 2.19 bits per heavy atom. The van der Waals surface area contributed by atoms with E-state index >= 15 is 0 Å². The highest BCUT2D eigenvalue weighted by atomic mass is 16.5. The number of benzene rings is 2. The summed E-state index contributed by atoms with van der Waals surface area (Å²) < 4.78 is 5.21. The van der Waals surface area contributed by atoms with Gasteiger partial charge in [-0.15, -0.1) is 0 Å². The van der Waals surface area contributed by atoms with Gasteiger partial charge in [0.15, 0.2) is 0 Å². The topological polar surface area (TPSA) is 44.8 Å². The third-order valence-electron chi connectivity index (χ3n) is 4.97. The second-order valence-electron chi connectivity index (χ2n) is 6.69. The van der Waals surface area contributed by atoms with Crippen molar-refractivity contribution in [3.05, 3.63) is 53.6 Å². The number of anilines is 2. The number of carbonyl (C=O) groups excluding carboxylic acids is 1. The lowest BCUT2D eigenvalue weighted by Gasteiger charge is -2.36. The number of ether oxygens (including phenoxy) is 1. The average Bonchev–Trinajstić information content (AvgIpc) is 2.67. The molecule has 0 saturated carbocycles. The molecule has 26 heavy (non-hydrogen) atoms. The van der Waals surface area contributed by atoms with E-state index < -0.39 is 0 Å². The lowest BCUT2D eigenvalue weighted by molar-refractivity contribution is -0.129. The fourth-order valence-electron chi connectivity index (χ4n) is 3.38. The fourth-order valence-corrected chi connectivity index (χ4v) is 3.38. The van der Waals surface area contributed by atoms with Gasteiger partial charge in [-0.3, -0.25) is 4.79 Å². The molecule has 5 heteroatoms. The summed E-state index contributed by atoms with van der Waals surface area (Å²) in [4.78, 5) is 16.8. The Labute approximate surface area is 155 Å². The number of methoxy groups -OCH3 is 1. The predicted octanol–water partition coefficient (Wildman–Crippen LogP) is 3.07. The van der Waals surface area contributed by atoms with Crippen LogP contribution in [0.5, 0.6) is 5.75 Å². The van der Waals surface area contributed by atoms with Crippen LogP contribution in [0, 0.1) is 13.8 Å². The van der Waals surface area contributed by atoms with Crippen LogP contribution in [-0.2, 0) is 4.79 Å². The standard InChI is InChI=1S/C21H27N3O2/c1-16-5-4-6-17(2)21(16)22-15-20(25)24-13-11-23(12-14-24)18-7-9-19(26-3)10-8-18/h4-10,22H,11-15H2,1-3H3. The van der Waals surface area contributed by atoms with Gasteiger partial charge in [-0.2, -0.15) is 0 Å². The molecule has 5 nitrogen and oxygen atoms in total. The molecule has 0 aliphatic carbocycles. The number of rotatable bonds is 5. The number of para-hydroxylation sites is 1. The van der Waals surface area contributed by atoms with Crippen LogP contribution in [0.2, 0.25) is 0 Å². The van der Waals surface area contributed by atoms with Gasteiger partial charge in [-0.25, -0.2) is 0 Å². The molecule has 0 atom stereocenters. The summed E-state index contributed by atoms with van der Waals surface area (Å²) in [6.45, 7) is 7.66. The van der Waals surface area contributed by atoms with Gasteiger partial charge in [0.2, 0.25) is 5.91 Å². The lowest BCUT2D eigenvalue weighted by atomic mass is 10.1. The first kappa shape index (κ1) is 18.1. The molecule has 2 aromatic rings. The summed E-state index contributed by atoms with van der Waals surface area (Å²) >= 11 is 0. The molecule has 1 fully saturated rings. The smallest absolute Gasteiger partial charge is 0.241 e. The largest absolute Gasteiger partial charge is 0.497 e. The van der Waals surface area contributed by atoms with Gasteiger partial charge in [-0.1, -0.05) is 18.2 Å². The highest BCUT2D eigenvalue weighted by Crippen LogP contribution is 2.21. The Morgan fingerprint density at radius 2 is 1.62 bits per heavy atom. The van der Waals surface area contributed by atoms with Crippen molar-refractivity contribution in [2.45, 2.75) is 13.8 Å². The van der Waals surface area contributed by atoms with Crippen LogP contribution in [-0.4, -0.2) is 50.6 Å². The normalized spacial score (nSPS) is 14.3. The number of aryl methyl sites for hydroxylation is 2. The van der Waals surface area contributed by atoms with Gasteiger partial charge in [0, 0.05) is 37.6 Å². The first-order chi connectivity index (χ1) is 12.6. The molecule has 0 bridgehead atoms. The molecule has 1 aliphatic heterocycles. The number of hydrogen-bond acceptors (Lipinski definition) is 4. The molecule has 3 rings (SSSR count). The van der Waals surface area contributed by atoms with E-state index in [4.69, 9.17) is 4.74 Å². The van der Waals surface area contributed by atoms with Gasteiger partial charge >= 0.3 is 0 Å². The quantitative estimate of drug-likeness (QED) is 0.897. The third-order valence-corrected chi connectivity index (χ3v) is 4.97. The summed E-state index contributed by atoms with van der Waals surface area (Å²) in [6.07, 6.45) is 0. The monoisotopic (exact) mass is 353 g/mol. The van der Waals surface area contributed by atoms with Crippen molar-refractivity contribution in [1.29, 1.82) is 0 Å². The number of piperazine rings is 1. The van der Waals surface area contributed by atoms with Crippen molar-refractivity contribution in [3.63, 3.8) is 0 Å². The maximum absolute atomic E-state index is 12.5. The molecule has 1 aliphatic rings. The van der Waals surface area contributed by atoms with Crippen molar-refractivity contribution in [2.75, 3.05) is 50.1 Å². The van der Waals surface area contributed by atoms with Gasteiger partial charge in [-0.05, 0) is 49.2 Å². The molecule has 2 aromatic carbocycles. The maximum atomic E-state index is 12.5. The Morgan fingerprint density at radius 1 is 1.00 bits per heavy atom. The average molecular weight is 353 g/mol. The highest BCUT2D eigenvalue weighted by Gasteiger charge is 2.21. The number of nitrogens with zero attached hydrogens (tertiary/aromatic N) is 2. The van der Waals surface area contributed by atoms with Crippen LogP contribution in [0.25, 0.3) is 0 Å². The van der Waals surface area contributed by atoms with Crippen molar-refractivity contribution >= 4 is 17.3 Å². The summed E-state index contributed by atoms with van der Waals surface area (Å²) in [5.41, 5.74) is 4.58. The molecule has 0 aromatic heterocycles. The minimum atomic E-state index is 0.155. The molecule has 0 unspecified atom stereocenters. The third kappa shape index (κ3) is 4.10. The van der Waals surface area contributed by atoms with Crippen molar-refractivity contribution < 1.29 is 9.53 Å². The highest BCUT2D eigenvalue weighted by molar-refractivity contribution is 5.81. The first-order valence-corrected chi connectivity index (χ1v) is 9.05. The summed E-state index contributed by atoms with van der Waals surface area (Å²) in [6, 6.07) is 14.2. The zero-order valence-corrected chi connectivity index (χ0v) is 15.8.